The molecule has 1 aromatic carbocycles. The van der Waals surface area contributed by atoms with Gasteiger partial charge in [0, 0.05) is 38.5 Å². The molecule has 29 heavy (non-hydrogen) atoms. The van der Waals surface area contributed by atoms with Crippen LogP contribution in [0.3, 0.4) is 0 Å². The maximum atomic E-state index is 12.6. The molecule has 2 amide bonds. The van der Waals surface area contributed by atoms with Gasteiger partial charge in [0.1, 0.15) is 5.82 Å². The number of nitrogens with one attached hydrogen (secondary N) is 1. The molecule has 0 bridgehead atoms. The number of hydrogen-bond donors (Lipinski definition) is 1. The third-order valence-corrected chi connectivity index (χ3v) is 4.96. The number of carbonyl (C=O) groups excluding carboxylic acids is 2. The lowest BCUT2D eigenvalue weighted by molar-refractivity contribution is -0.125. The predicted molar refractivity (Wildman–Crippen MR) is 109 cm³/mol. The van der Waals surface area contributed by atoms with E-state index in [1.807, 2.05) is 35.9 Å². The van der Waals surface area contributed by atoms with Gasteiger partial charge in [0.05, 0.1) is 19.9 Å². The molecule has 0 saturated heterocycles. The second-order valence-electron chi connectivity index (χ2n) is 7.06. The molecule has 0 saturated carbocycles. The second-order valence-corrected chi connectivity index (χ2v) is 7.06. The first-order valence-corrected chi connectivity index (χ1v) is 9.84. The Hall–Kier alpha value is -3.03. The van der Waals surface area contributed by atoms with Crippen LogP contribution in [-0.2, 0) is 22.6 Å². The van der Waals surface area contributed by atoms with Gasteiger partial charge in [-0.1, -0.05) is 6.07 Å². The molecule has 0 atom stereocenters. The highest BCUT2D eigenvalue weighted by molar-refractivity contribution is 5.95. The van der Waals surface area contributed by atoms with Crippen molar-refractivity contribution in [2.45, 2.75) is 39.2 Å². The summed E-state index contributed by atoms with van der Waals surface area (Å²) in [7, 11) is 3.19. The lowest BCUT2D eigenvalue weighted by Gasteiger charge is -2.27. The number of nitrogens with zero attached hydrogens (tertiary/aromatic N) is 3. The van der Waals surface area contributed by atoms with E-state index in [0.29, 0.717) is 31.0 Å². The minimum atomic E-state index is -0.125. The standard InChI is InChI=1S/C21H28N4O4/c1-15-13-20-24(11-4-12-25(20)23-15)21(27)8-7-19(26)22-10-9-16-5-6-17(28-2)18(14-16)29-3/h5-6,13-14H,4,7-12H2,1-3H3,(H,22,26). The van der Waals surface area contributed by atoms with Crippen LogP contribution in [0.5, 0.6) is 11.5 Å². The minimum Gasteiger partial charge on any atom is -0.493 e. The minimum absolute atomic E-state index is 0.0408. The summed E-state index contributed by atoms with van der Waals surface area (Å²) < 4.78 is 12.4. The fourth-order valence-electron chi connectivity index (χ4n) is 3.49. The van der Waals surface area contributed by atoms with Crippen LogP contribution in [0.2, 0.25) is 0 Å². The Morgan fingerprint density at radius 2 is 1.90 bits per heavy atom. The van der Waals surface area contributed by atoms with E-state index in [0.717, 1.165) is 30.0 Å². The SMILES string of the molecule is COc1ccc(CCNC(=O)CCC(=O)N2CCCn3nc(C)cc32)cc1OC. The quantitative estimate of drug-likeness (QED) is 0.733. The van der Waals surface area contributed by atoms with Crippen LogP contribution < -0.4 is 19.7 Å². The zero-order valence-electron chi connectivity index (χ0n) is 17.2. The van der Waals surface area contributed by atoms with Crippen molar-refractivity contribution in [1.29, 1.82) is 0 Å². The third kappa shape index (κ3) is 5.07. The van der Waals surface area contributed by atoms with Crippen molar-refractivity contribution in [2.24, 2.45) is 0 Å². The molecule has 0 spiro atoms. The van der Waals surface area contributed by atoms with Gasteiger partial charge in [0.25, 0.3) is 0 Å². The first kappa shape index (κ1) is 20.7. The predicted octanol–water partition coefficient (Wildman–Crippen LogP) is 2.08. The molecule has 2 heterocycles. The molecule has 156 valence electrons. The Labute approximate surface area is 170 Å². The fraction of sp³-hybridized carbons (Fsp3) is 0.476. The lowest BCUT2D eigenvalue weighted by Crippen LogP contribution is -2.38. The number of aryl methyl sites for hydroxylation is 2. The third-order valence-electron chi connectivity index (χ3n) is 4.96. The molecule has 8 heteroatoms. The Morgan fingerprint density at radius 1 is 1.10 bits per heavy atom. The van der Waals surface area contributed by atoms with E-state index in [2.05, 4.69) is 10.4 Å². The molecular weight excluding hydrogens is 372 g/mol. The van der Waals surface area contributed by atoms with Gasteiger partial charge in [0.2, 0.25) is 11.8 Å². The fourth-order valence-corrected chi connectivity index (χ4v) is 3.49. The highest BCUT2D eigenvalue weighted by Crippen LogP contribution is 2.27. The molecule has 0 radical (unpaired) electrons. The number of fused-ring (bicyclic) bond motifs is 1. The number of ether oxygens (including phenoxy) is 2. The van der Waals surface area contributed by atoms with Gasteiger partial charge >= 0.3 is 0 Å². The summed E-state index contributed by atoms with van der Waals surface area (Å²) in [5, 5.41) is 7.28. The molecule has 1 aromatic heterocycles. The van der Waals surface area contributed by atoms with E-state index in [4.69, 9.17) is 9.47 Å². The van der Waals surface area contributed by atoms with Crippen LogP contribution in [0.15, 0.2) is 24.3 Å². The van der Waals surface area contributed by atoms with Crippen LogP contribution in [0.4, 0.5) is 5.82 Å². The number of rotatable bonds is 8. The van der Waals surface area contributed by atoms with Crippen molar-refractivity contribution in [3.05, 3.63) is 35.5 Å². The number of benzene rings is 1. The van der Waals surface area contributed by atoms with Gasteiger partial charge in [0.15, 0.2) is 11.5 Å². The highest BCUT2D eigenvalue weighted by atomic mass is 16.5. The van der Waals surface area contributed by atoms with Crippen molar-refractivity contribution < 1.29 is 19.1 Å². The first-order chi connectivity index (χ1) is 14.0. The lowest BCUT2D eigenvalue weighted by atomic mass is 10.1. The van der Waals surface area contributed by atoms with Crippen LogP contribution in [0, 0.1) is 6.92 Å². The molecule has 1 aliphatic rings. The van der Waals surface area contributed by atoms with Crippen LogP contribution in [0.1, 0.15) is 30.5 Å². The van der Waals surface area contributed by atoms with E-state index < -0.39 is 0 Å². The molecule has 2 aromatic rings. The molecule has 3 rings (SSSR count). The maximum absolute atomic E-state index is 12.6. The topological polar surface area (TPSA) is 85.7 Å². The highest BCUT2D eigenvalue weighted by Gasteiger charge is 2.24. The number of aromatic nitrogens is 2. The van der Waals surface area contributed by atoms with Gasteiger partial charge in [-0.15, -0.1) is 0 Å². The smallest absolute Gasteiger partial charge is 0.228 e. The van der Waals surface area contributed by atoms with E-state index in [1.54, 1.807) is 19.1 Å². The Bertz CT molecular complexity index is 878. The summed E-state index contributed by atoms with van der Waals surface area (Å²) in [4.78, 5) is 26.5. The van der Waals surface area contributed by atoms with Crippen molar-refractivity contribution >= 4 is 17.6 Å². The monoisotopic (exact) mass is 400 g/mol. The van der Waals surface area contributed by atoms with Crippen molar-refractivity contribution in [2.75, 3.05) is 32.2 Å². The van der Waals surface area contributed by atoms with E-state index >= 15 is 0 Å². The molecule has 0 aliphatic carbocycles. The van der Waals surface area contributed by atoms with Gasteiger partial charge < -0.3 is 14.8 Å². The average Bonchev–Trinajstić information content (AvgIpc) is 3.11. The summed E-state index contributed by atoms with van der Waals surface area (Å²) in [5.41, 5.74) is 1.93. The van der Waals surface area contributed by atoms with Crippen molar-refractivity contribution in [3.63, 3.8) is 0 Å². The van der Waals surface area contributed by atoms with Crippen molar-refractivity contribution in [1.82, 2.24) is 15.1 Å². The molecule has 1 N–H and O–H groups in total. The van der Waals surface area contributed by atoms with Gasteiger partial charge in [-0.3, -0.25) is 14.5 Å². The summed E-state index contributed by atoms with van der Waals surface area (Å²) in [6.07, 6.45) is 1.91. The van der Waals surface area contributed by atoms with Crippen LogP contribution in [-0.4, -0.2) is 48.9 Å². The normalized spacial score (nSPS) is 13.0. The zero-order chi connectivity index (χ0) is 20.8. The summed E-state index contributed by atoms with van der Waals surface area (Å²) in [5.74, 6) is 2.00. The van der Waals surface area contributed by atoms with E-state index in [1.165, 1.54) is 0 Å². The number of amides is 2. The molecular formula is C21H28N4O4. The van der Waals surface area contributed by atoms with Crippen LogP contribution >= 0.6 is 0 Å². The Morgan fingerprint density at radius 3 is 2.66 bits per heavy atom. The molecule has 8 nitrogen and oxygen atoms in total. The first-order valence-electron chi connectivity index (χ1n) is 9.84. The number of carbonyl (C=O) groups is 2. The van der Waals surface area contributed by atoms with Gasteiger partial charge in [-0.2, -0.15) is 5.10 Å². The Balaban J connectivity index is 1.44. The summed E-state index contributed by atoms with van der Waals surface area (Å²) in [6.45, 7) is 3.91. The van der Waals surface area contributed by atoms with Gasteiger partial charge in [-0.25, -0.2) is 4.68 Å². The van der Waals surface area contributed by atoms with Gasteiger partial charge in [-0.05, 0) is 37.5 Å². The summed E-state index contributed by atoms with van der Waals surface area (Å²) >= 11 is 0. The second kappa shape index (κ2) is 9.45. The van der Waals surface area contributed by atoms with Crippen LogP contribution in [0.25, 0.3) is 0 Å². The zero-order valence-corrected chi connectivity index (χ0v) is 17.2. The maximum Gasteiger partial charge on any atom is 0.228 e. The van der Waals surface area contributed by atoms with Crippen molar-refractivity contribution in [3.8, 4) is 11.5 Å². The van der Waals surface area contributed by atoms with E-state index in [9.17, 15) is 9.59 Å². The Kier molecular flexibility index (Phi) is 6.74. The summed E-state index contributed by atoms with van der Waals surface area (Å²) in [6, 6.07) is 7.61. The average molecular weight is 400 g/mol. The molecule has 0 unspecified atom stereocenters. The largest absolute Gasteiger partial charge is 0.493 e. The van der Waals surface area contributed by atoms with E-state index in [-0.39, 0.29) is 24.7 Å². The molecule has 0 fully saturated rings. The number of hydrogen-bond acceptors (Lipinski definition) is 5. The number of anilines is 1. The number of methoxy groups -OCH3 is 2. The molecule has 1 aliphatic heterocycles.